The van der Waals surface area contributed by atoms with Gasteiger partial charge in [-0.2, -0.15) is 0 Å². The van der Waals surface area contributed by atoms with Crippen LogP contribution >= 0.6 is 11.6 Å². The van der Waals surface area contributed by atoms with Gasteiger partial charge in [0.15, 0.2) is 0 Å². The standard InChI is InChI=1S/CHClO2.Cl/c2-1(3)4;/h(H,3,4);/q;+1/p-1. The van der Waals surface area contributed by atoms with Crippen molar-refractivity contribution >= 4 is 17.0 Å². The third-order valence-corrected chi connectivity index (χ3v) is 0. The first-order valence-corrected chi connectivity index (χ1v) is 0.975. The molecule has 0 saturated carbocycles. The molecule has 0 aromatic carbocycles. The number of rotatable bonds is 0. The van der Waals surface area contributed by atoms with Crippen molar-refractivity contribution in [1.82, 2.24) is 0 Å². The third-order valence-electron chi connectivity index (χ3n) is 0. The highest BCUT2D eigenvalue weighted by molar-refractivity contribution is 6.59. The molecule has 0 bridgehead atoms. The fourth-order valence-corrected chi connectivity index (χ4v) is 0. The van der Waals surface area contributed by atoms with E-state index in [1.54, 1.807) is 0 Å². The van der Waals surface area contributed by atoms with Crippen molar-refractivity contribution in [1.29, 1.82) is 0 Å². The number of carbonyl (C=O) groups is 1. The van der Waals surface area contributed by atoms with Crippen LogP contribution in [-0.2, 0) is 0 Å². The molecule has 0 aliphatic carbocycles. The minimum absolute atomic E-state index is 0. The predicted octanol–water partition coefficient (Wildman–Crippen LogP) is -0.431. The number of hydrogen-bond acceptors (Lipinski definition) is 2. The molecule has 0 atom stereocenters. The van der Waals surface area contributed by atoms with Crippen LogP contribution in [0.15, 0.2) is 0 Å². The Bertz CT molecular complexity index is 30.6. The summed E-state index contributed by atoms with van der Waals surface area (Å²) in [5.74, 6) is 0. The van der Waals surface area contributed by atoms with E-state index in [0.717, 1.165) is 0 Å². The number of carbonyl (C=O) groups excluding carboxylic acids is 1. The lowest BCUT2D eigenvalue weighted by Crippen LogP contribution is -2.11. The molecule has 0 aromatic heterocycles. The second-order valence-corrected chi connectivity index (χ2v) is 0.546. The van der Waals surface area contributed by atoms with Crippen LogP contribution in [0.1, 0.15) is 0 Å². The zero-order chi connectivity index (χ0) is 3.58. The van der Waals surface area contributed by atoms with Crippen LogP contribution in [0.25, 0.3) is 0 Å². The van der Waals surface area contributed by atoms with Crippen LogP contribution in [0, 0.1) is 12.4 Å². The van der Waals surface area contributed by atoms with E-state index in [4.69, 9.17) is 9.90 Å². The number of carboxylic acid groups (broad SMARTS) is 1. The average Bonchev–Trinajstić information content (AvgIpc) is 0.811. The molecule has 0 fully saturated rings. The van der Waals surface area contributed by atoms with Crippen LogP contribution in [0.2, 0.25) is 0 Å². The van der Waals surface area contributed by atoms with Crippen LogP contribution < -0.4 is 5.11 Å². The molecule has 4 heteroatoms. The van der Waals surface area contributed by atoms with Crippen molar-refractivity contribution < 1.29 is 22.3 Å². The Labute approximate surface area is 40.2 Å². The van der Waals surface area contributed by atoms with Crippen molar-refractivity contribution in [2.24, 2.45) is 0 Å². The highest BCUT2D eigenvalue weighted by atomic mass is 35.5. The molecule has 5 heavy (non-hydrogen) atoms. The second-order valence-electron chi connectivity index (χ2n) is 0.238. The van der Waals surface area contributed by atoms with Gasteiger partial charge in [-0.05, 0) is 0 Å². The third kappa shape index (κ3) is 6810. The molecule has 2 nitrogen and oxygen atoms in total. The van der Waals surface area contributed by atoms with E-state index in [1.165, 1.54) is 0 Å². The average molecular weight is 115 g/mol. The summed E-state index contributed by atoms with van der Waals surface area (Å²) in [6, 6.07) is 0. The molecule has 0 rings (SSSR count). The van der Waals surface area contributed by atoms with Crippen LogP contribution in [-0.4, -0.2) is 5.43 Å². The Balaban J connectivity index is 0. The summed E-state index contributed by atoms with van der Waals surface area (Å²) in [4.78, 5) is 8.65. The summed E-state index contributed by atoms with van der Waals surface area (Å²) in [6.45, 7) is 0. The van der Waals surface area contributed by atoms with Gasteiger partial charge in [-0.1, -0.05) is 11.6 Å². The van der Waals surface area contributed by atoms with Crippen LogP contribution in [0.5, 0.6) is 0 Å². The Kier molecular flexibility index (Phi) is 7.21. The zero-order valence-corrected chi connectivity index (χ0v) is 3.58. The van der Waals surface area contributed by atoms with E-state index in [-0.39, 0.29) is 12.4 Å². The van der Waals surface area contributed by atoms with E-state index in [2.05, 4.69) is 11.6 Å². The topological polar surface area (TPSA) is 40.1 Å². The first-order chi connectivity index (χ1) is 1.73. The lowest BCUT2D eigenvalue weighted by atomic mass is 11.6. The first-order valence-electron chi connectivity index (χ1n) is 0.597. The van der Waals surface area contributed by atoms with Gasteiger partial charge in [0.05, 0.1) is 0 Å². The molecule has 0 heterocycles. The van der Waals surface area contributed by atoms with E-state index in [1.807, 2.05) is 0 Å². The molecule has 0 unspecified atom stereocenters. The minimum Gasteiger partial charge on any atom is -0.534 e. The molecular formula is CCl2O2. The molecular weight excluding hydrogens is 115 g/mol. The van der Waals surface area contributed by atoms with E-state index >= 15 is 0 Å². The molecule has 0 saturated heterocycles. The number of halogens is 2. The van der Waals surface area contributed by atoms with Gasteiger partial charge in [-0.3, -0.25) is 0 Å². The van der Waals surface area contributed by atoms with Crippen LogP contribution in [0.4, 0.5) is 4.79 Å². The lowest BCUT2D eigenvalue weighted by molar-refractivity contribution is -0.233. The summed E-state index contributed by atoms with van der Waals surface area (Å²) in [5.41, 5.74) is -1.61. The van der Waals surface area contributed by atoms with Crippen molar-refractivity contribution in [2.75, 3.05) is 0 Å². The molecule has 0 aliphatic rings. The highest BCUT2D eigenvalue weighted by Gasteiger charge is 1.51. The number of hydrogen-bond donors (Lipinski definition) is 0. The first kappa shape index (κ1) is 8.90. The minimum atomic E-state index is -1.61. The monoisotopic (exact) mass is 114 g/mol. The SMILES string of the molecule is O=C([O-])Cl.[Cl+]. The summed E-state index contributed by atoms with van der Waals surface area (Å²) >= 11 is 4.08. The van der Waals surface area contributed by atoms with Gasteiger partial charge in [0.1, 0.15) is 5.43 Å². The van der Waals surface area contributed by atoms with Crippen molar-refractivity contribution in [3.8, 4) is 0 Å². The predicted molar refractivity (Wildman–Crippen MR) is 11.2 cm³/mol. The van der Waals surface area contributed by atoms with E-state index < -0.39 is 5.43 Å². The second kappa shape index (κ2) is 4.05. The van der Waals surface area contributed by atoms with Crippen molar-refractivity contribution in [3.05, 3.63) is 0 Å². The quantitative estimate of drug-likeness (QED) is 0.402. The summed E-state index contributed by atoms with van der Waals surface area (Å²) in [5, 5.41) is 8.65. The molecule has 0 N–H and O–H groups in total. The Morgan fingerprint density at radius 2 is 1.80 bits per heavy atom. The van der Waals surface area contributed by atoms with Gasteiger partial charge in [0.2, 0.25) is 0 Å². The van der Waals surface area contributed by atoms with Gasteiger partial charge in [0.25, 0.3) is 0 Å². The van der Waals surface area contributed by atoms with Gasteiger partial charge < -0.3 is 9.90 Å². The Morgan fingerprint density at radius 3 is 1.80 bits per heavy atom. The van der Waals surface area contributed by atoms with Crippen molar-refractivity contribution in [3.63, 3.8) is 0 Å². The lowest BCUT2D eigenvalue weighted by Gasteiger charge is -1.73. The molecule has 0 aromatic rings. The van der Waals surface area contributed by atoms with Crippen molar-refractivity contribution in [2.45, 2.75) is 0 Å². The summed E-state index contributed by atoms with van der Waals surface area (Å²) < 4.78 is 0. The van der Waals surface area contributed by atoms with E-state index in [0.29, 0.717) is 0 Å². The highest BCUT2D eigenvalue weighted by Crippen LogP contribution is 1.60. The summed E-state index contributed by atoms with van der Waals surface area (Å²) in [6.07, 6.45) is 0. The van der Waals surface area contributed by atoms with Gasteiger partial charge >= 0.3 is 12.4 Å². The van der Waals surface area contributed by atoms with Crippen LogP contribution in [0.3, 0.4) is 0 Å². The zero-order valence-electron chi connectivity index (χ0n) is 2.07. The normalized spacial score (nSPS) is 5.00. The van der Waals surface area contributed by atoms with Gasteiger partial charge in [0, 0.05) is 0 Å². The molecule has 30 valence electrons. The Hall–Kier alpha value is 0.0500. The molecule has 0 aliphatic heterocycles. The largest absolute Gasteiger partial charge is 1.00 e. The fourth-order valence-electron chi connectivity index (χ4n) is 0. The summed E-state index contributed by atoms with van der Waals surface area (Å²) in [7, 11) is 0. The van der Waals surface area contributed by atoms with E-state index in [9.17, 15) is 0 Å². The Morgan fingerprint density at radius 1 is 1.80 bits per heavy atom. The maximum atomic E-state index is 8.65. The van der Waals surface area contributed by atoms with Gasteiger partial charge in [-0.25, -0.2) is 0 Å². The smallest absolute Gasteiger partial charge is 0.534 e. The maximum Gasteiger partial charge on any atom is 1.00 e. The molecule has 0 amide bonds. The maximum absolute atomic E-state index is 8.65. The van der Waals surface area contributed by atoms with Gasteiger partial charge in [-0.15, -0.1) is 0 Å². The molecule has 2 radical (unpaired) electrons. The molecule has 0 spiro atoms. The fraction of sp³-hybridized carbons (Fsp3) is 0.